The predicted octanol–water partition coefficient (Wildman–Crippen LogP) is -1.03. The molecule has 0 aliphatic heterocycles. The Hall–Kier alpha value is 0.0600. The molecule has 0 bridgehead atoms. The van der Waals surface area contributed by atoms with Gasteiger partial charge < -0.3 is 22.1 Å². The van der Waals surface area contributed by atoms with Crippen molar-refractivity contribution in [2.24, 2.45) is 0 Å². The van der Waals surface area contributed by atoms with E-state index in [1.54, 1.807) is 13.8 Å². The summed E-state index contributed by atoms with van der Waals surface area (Å²) in [6.07, 6.45) is 0. The SMILES string of the molecule is CC[N+](CC)(CC(=O)O)C(C)(F)F.Cl.[Br-]. The molecule has 3 nitrogen and oxygen atoms in total. The summed E-state index contributed by atoms with van der Waals surface area (Å²) in [4.78, 5) is 10.4. The molecule has 1 N–H and O–H groups in total. The number of hydrogen-bond donors (Lipinski definition) is 1. The van der Waals surface area contributed by atoms with Crippen molar-refractivity contribution in [2.75, 3.05) is 19.6 Å². The standard InChI is InChI=1S/C8H15F2NO2.BrH.ClH/c1-4-11(5-2,6-7(12)13)8(3,9)10;;/h4-6H2,1-3H3;2*1H. The largest absolute Gasteiger partial charge is 1.00 e. The molecule has 0 amide bonds. The van der Waals surface area contributed by atoms with Gasteiger partial charge in [0.1, 0.15) is 0 Å². The molecule has 0 heterocycles. The van der Waals surface area contributed by atoms with Crippen LogP contribution in [0.15, 0.2) is 0 Å². The molecule has 94 valence electrons. The van der Waals surface area contributed by atoms with Gasteiger partial charge in [0.25, 0.3) is 0 Å². The zero-order valence-electron chi connectivity index (χ0n) is 8.97. The summed E-state index contributed by atoms with van der Waals surface area (Å²) in [5, 5.41) is 8.53. The van der Waals surface area contributed by atoms with Gasteiger partial charge >= 0.3 is 12.0 Å². The van der Waals surface area contributed by atoms with E-state index in [9.17, 15) is 13.6 Å². The van der Waals surface area contributed by atoms with Crippen LogP contribution in [0.1, 0.15) is 20.8 Å². The van der Waals surface area contributed by atoms with E-state index in [-0.39, 0.29) is 42.5 Å². The molecule has 0 aliphatic rings. The van der Waals surface area contributed by atoms with E-state index >= 15 is 0 Å². The molecular formula is C8H17BrClF2NO2. The van der Waals surface area contributed by atoms with Gasteiger partial charge in [0.05, 0.1) is 20.0 Å². The van der Waals surface area contributed by atoms with Crippen LogP contribution in [0.3, 0.4) is 0 Å². The molecule has 0 atom stereocenters. The summed E-state index contributed by atoms with van der Waals surface area (Å²) in [7, 11) is 0. The lowest BCUT2D eigenvalue weighted by Gasteiger charge is -2.39. The number of carboxylic acids is 1. The summed E-state index contributed by atoms with van der Waals surface area (Å²) in [5.74, 6) is -1.19. The van der Waals surface area contributed by atoms with Crippen molar-refractivity contribution in [1.82, 2.24) is 0 Å². The Morgan fingerprint density at radius 2 is 1.67 bits per heavy atom. The van der Waals surface area contributed by atoms with E-state index in [0.717, 1.165) is 6.92 Å². The molecule has 0 aromatic rings. The third-order valence-corrected chi connectivity index (χ3v) is 2.48. The second kappa shape index (κ2) is 7.35. The van der Waals surface area contributed by atoms with E-state index < -0.39 is 23.0 Å². The van der Waals surface area contributed by atoms with Gasteiger partial charge in [-0.15, -0.1) is 21.2 Å². The van der Waals surface area contributed by atoms with Gasteiger partial charge in [-0.2, -0.15) is 0 Å². The third kappa shape index (κ3) is 5.08. The Kier molecular flexibility index (Phi) is 10.0. The van der Waals surface area contributed by atoms with Crippen LogP contribution < -0.4 is 17.0 Å². The molecule has 7 heteroatoms. The zero-order valence-corrected chi connectivity index (χ0v) is 11.4. The van der Waals surface area contributed by atoms with Crippen molar-refractivity contribution in [3.8, 4) is 0 Å². The number of hydrogen-bond acceptors (Lipinski definition) is 1. The van der Waals surface area contributed by atoms with Gasteiger partial charge in [0.2, 0.25) is 0 Å². The monoisotopic (exact) mass is 311 g/mol. The minimum Gasteiger partial charge on any atom is -1.00 e. The average Bonchev–Trinajstić information content (AvgIpc) is 1.97. The summed E-state index contributed by atoms with van der Waals surface area (Å²) in [5.41, 5.74) is 0. The van der Waals surface area contributed by atoms with E-state index in [1.807, 2.05) is 0 Å². The minimum atomic E-state index is -3.00. The minimum absolute atomic E-state index is 0. The number of rotatable bonds is 5. The van der Waals surface area contributed by atoms with Gasteiger partial charge in [-0.05, 0) is 13.8 Å². The van der Waals surface area contributed by atoms with Crippen LogP contribution in [0.5, 0.6) is 0 Å². The van der Waals surface area contributed by atoms with Crippen LogP contribution in [0.25, 0.3) is 0 Å². The fourth-order valence-corrected chi connectivity index (χ4v) is 1.40. The number of carbonyl (C=O) groups is 1. The molecule has 15 heavy (non-hydrogen) atoms. The average molecular weight is 313 g/mol. The third-order valence-electron chi connectivity index (χ3n) is 2.48. The van der Waals surface area contributed by atoms with Crippen molar-refractivity contribution in [1.29, 1.82) is 0 Å². The van der Waals surface area contributed by atoms with Crippen molar-refractivity contribution < 1.29 is 40.1 Å². The van der Waals surface area contributed by atoms with Crippen LogP contribution >= 0.6 is 12.4 Å². The summed E-state index contributed by atoms with van der Waals surface area (Å²) < 4.78 is 25.5. The second-order valence-corrected chi connectivity index (χ2v) is 3.17. The smallest absolute Gasteiger partial charge is 0.388 e. The first-order valence-corrected chi connectivity index (χ1v) is 4.25. The first-order chi connectivity index (χ1) is 5.79. The molecule has 0 saturated carbocycles. The second-order valence-electron chi connectivity index (χ2n) is 3.17. The maximum absolute atomic E-state index is 13.1. The number of halogens is 4. The molecule has 0 aliphatic carbocycles. The van der Waals surface area contributed by atoms with E-state index in [1.165, 1.54) is 0 Å². The molecule has 0 fully saturated rings. The predicted molar refractivity (Wildman–Crippen MR) is 51.7 cm³/mol. The van der Waals surface area contributed by atoms with Crippen molar-refractivity contribution >= 4 is 18.4 Å². The van der Waals surface area contributed by atoms with Crippen LogP contribution in [0.4, 0.5) is 8.78 Å². The molecular weight excluding hydrogens is 295 g/mol. The van der Waals surface area contributed by atoms with Gasteiger partial charge in [0, 0.05) is 0 Å². The Morgan fingerprint density at radius 1 is 1.33 bits per heavy atom. The van der Waals surface area contributed by atoms with Gasteiger partial charge in [0.15, 0.2) is 6.54 Å². The lowest BCUT2D eigenvalue weighted by molar-refractivity contribution is -0.998. The lowest BCUT2D eigenvalue weighted by atomic mass is 10.3. The van der Waals surface area contributed by atoms with E-state index in [2.05, 4.69) is 0 Å². The summed E-state index contributed by atoms with van der Waals surface area (Å²) in [6, 6.07) is -3.00. The van der Waals surface area contributed by atoms with Crippen LogP contribution in [-0.4, -0.2) is 41.2 Å². The first kappa shape index (κ1) is 20.5. The number of aliphatic carboxylic acids is 1. The van der Waals surface area contributed by atoms with Crippen molar-refractivity contribution in [2.45, 2.75) is 26.8 Å². The highest BCUT2D eigenvalue weighted by Gasteiger charge is 2.47. The number of nitrogens with zero attached hydrogens (tertiary/aromatic N) is 1. The highest BCUT2D eigenvalue weighted by atomic mass is 79.9. The Balaban J connectivity index is -0.000000720. The molecule has 0 aromatic heterocycles. The number of alkyl halides is 2. The Bertz CT molecular complexity index is 196. The molecule has 0 spiro atoms. The molecule has 0 saturated heterocycles. The molecule has 0 rings (SSSR count). The van der Waals surface area contributed by atoms with Gasteiger partial charge in [-0.3, -0.25) is 4.48 Å². The van der Waals surface area contributed by atoms with Crippen LogP contribution in [0.2, 0.25) is 0 Å². The highest BCUT2D eigenvalue weighted by molar-refractivity contribution is 5.85. The number of likely N-dealkylation sites (N-methyl/N-ethyl adjacent to an activating group) is 1. The fraction of sp³-hybridized carbons (Fsp3) is 0.875. The summed E-state index contributed by atoms with van der Waals surface area (Å²) >= 11 is 0. The molecule has 0 unspecified atom stereocenters. The van der Waals surface area contributed by atoms with Crippen molar-refractivity contribution in [3.05, 3.63) is 0 Å². The van der Waals surface area contributed by atoms with Crippen molar-refractivity contribution in [3.63, 3.8) is 0 Å². The number of carboxylic acid groups (broad SMARTS) is 1. The normalized spacial score (nSPS) is 11.3. The zero-order chi connectivity index (χ0) is 10.7. The Labute approximate surface area is 105 Å². The first-order valence-electron chi connectivity index (χ1n) is 4.25. The van der Waals surface area contributed by atoms with Crippen LogP contribution in [0, 0.1) is 0 Å². The fourth-order valence-electron chi connectivity index (χ4n) is 1.40. The van der Waals surface area contributed by atoms with Gasteiger partial charge in [-0.25, -0.2) is 4.79 Å². The Morgan fingerprint density at radius 3 is 1.73 bits per heavy atom. The summed E-state index contributed by atoms with van der Waals surface area (Å²) in [6.45, 7) is 3.62. The number of quaternary nitrogens is 1. The topological polar surface area (TPSA) is 37.3 Å². The molecule has 0 radical (unpaired) electrons. The maximum Gasteiger partial charge on any atom is 0.388 e. The quantitative estimate of drug-likeness (QED) is 0.520. The van der Waals surface area contributed by atoms with E-state index in [4.69, 9.17) is 5.11 Å². The molecule has 0 aromatic carbocycles. The van der Waals surface area contributed by atoms with Crippen LogP contribution in [-0.2, 0) is 4.79 Å². The maximum atomic E-state index is 13.1. The van der Waals surface area contributed by atoms with Gasteiger partial charge in [-0.1, -0.05) is 0 Å². The van der Waals surface area contributed by atoms with E-state index in [0.29, 0.717) is 0 Å². The lowest BCUT2D eigenvalue weighted by Crippen LogP contribution is -3.00. The highest BCUT2D eigenvalue weighted by Crippen LogP contribution is 2.27.